The van der Waals surface area contributed by atoms with Crippen LogP contribution < -0.4 is 10.2 Å². The van der Waals surface area contributed by atoms with Gasteiger partial charge in [-0.2, -0.15) is 0 Å². The summed E-state index contributed by atoms with van der Waals surface area (Å²) in [5, 5.41) is 0. The van der Waals surface area contributed by atoms with E-state index in [1.165, 1.54) is 0 Å². The van der Waals surface area contributed by atoms with Crippen LogP contribution in [0.15, 0.2) is 12.1 Å². The molecule has 1 aromatic carbocycles. The lowest BCUT2D eigenvalue weighted by molar-refractivity contribution is -0.132. The van der Waals surface area contributed by atoms with Crippen LogP contribution in [0, 0.1) is 11.6 Å². The van der Waals surface area contributed by atoms with Crippen LogP contribution in [0.1, 0.15) is 34.6 Å². The Morgan fingerprint density at radius 1 is 1.10 bits per heavy atom. The van der Waals surface area contributed by atoms with Crippen molar-refractivity contribution in [2.75, 3.05) is 0 Å². The lowest BCUT2D eigenvalue weighted by atomic mass is 9.79. The Kier molecular flexibility index (Phi) is 3.84. The van der Waals surface area contributed by atoms with Gasteiger partial charge in [0, 0.05) is 6.92 Å². The van der Waals surface area contributed by atoms with Gasteiger partial charge < -0.3 is 14.0 Å². The molecule has 1 saturated heterocycles. The van der Waals surface area contributed by atoms with Gasteiger partial charge in [0.25, 0.3) is 0 Å². The highest BCUT2D eigenvalue weighted by atomic mass is 19.1. The van der Waals surface area contributed by atoms with Crippen molar-refractivity contribution in [3.63, 3.8) is 0 Å². The molecule has 4 nitrogen and oxygen atoms in total. The molecule has 0 bridgehead atoms. The van der Waals surface area contributed by atoms with E-state index in [-0.39, 0.29) is 5.46 Å². The molecule has 7 heteroatoms. The molecule has 0 atom stereocenters. The number of esters is 1. The van der Waals surface area contributed by atoms with Crippen molar-refractivity contribution in [1.29, 1.82) is 0 Å². The van der Waals surface area contributed by atoms with Gasteiger partial charge >= 0.3 is 13.1 Å². The van der Waals surface area contributed by atoms with Gasteiger partial charge in [-0.15, -0.1) is 0 Å². The molecule has 0 unspecified atom stereocenters. The minimum Gasteiger partial charge on any atom is -0.420 e. The molecule has 0 aliphatic carbocycles. The topological polar surface area (TPSA) is 44.8 Å². The van der Waals surface area contributed by atoms with Gasteiger partial charge in [-0.25, -0.2) is 8.78 Å². The zero-order valence-electron chi connectivity index (χ0n) is 12.6. The molecule has 1 aliphatic rings. The van der Waals surface area contributed by atoms with Crippen LogP contribution in [0.2, 0.25) is 0 Å². The minimum absolute atomic E-state index is 0.194. The van der Waals surface area contributed by atoms with Gasteiger partial charge in [0.1, 0.15) is 0 Å². The molecule has 21 heavy (non-hydrogen) atoms. The van der Waals surface area contributed by atoms with Crippen molar-refractivity contribution >= 4 is 18.6 Å². The number of carbonyl (C=O) groups is 1. The maximum Gasteiger partial charge on any atom is 0.495 e. The molecule has 0 N–H and O–H groups in total. The number of rotatable bonds is 2. The van der Waals surface area contributed by atoms with E-state index in [0.717, 1.165) is 19.1 Å². The Morgan fingerprint density at radius 2 is 1.52 bits per heavy atom. The number of benzene rings is 1. The molecule has 2 rings (SSSR count). The van der Waals surface area contributed by atoms with Crippen LogP contribution in [-0.2, 0) is 14.1 Å². The average Bonchev–Trinajstić information content (AvgIpc) is 2.53. The average molecular weight is 298 g/mol. The number of carbonyl (C=O) groups excluding carboxylic acids is 1. The van der Waals surface area contributed by atoms with Crippen LogP contribution >= 0.6 is 0 Å². The molecule has 1 aliphatic heterocycles. The van der Waals surface area contributed by atoms with Gasteiger partial charge in [-0.05, 0) is 45.3 Å². The van der Waals surface area contributed by atoms with Crippen molar-refractivity contribution in [2.24, 2.45) is 0 Å². The molecule has 0 spiro atoms. The Hall–Kier alpha value is -1.47. The standard InChI is InChI=1S/C14H17BF2O4/c1-8(18)19-12-10(16)6-9(7-11(12)17)15-20-13(2,3)14(4,5)21-15/h6-7H,1-5H3. The lowest BCUT2D eigenvalue weighted by Crippen LogP contribution is -2.41. The SMILES string of the molecule is CC(=O)Oc1c(F)cc(B2OC(C)(C)C(C)(C)O2)cc1F. The zero-order chi connectivity index (χ0) is 16.0. The van der Waals surface area contributed by atoms with Crippen molar-refractivity contribution in [3.8, 4) is 5.75 Å². The highest BCUT2D eigenvalue weighted by Gasteiger charge is 2.52. The van der Waals surface area contributed by atoms with Crippen molar-refractivity contribution in [1.82, 2.24) is 0 Å². The Labute approximate surface area is 122 Å². The van der Waals surface area contributed by atoms with E-state index in [4.69, 9.17) is 9.31 Å². The fourth-order valence-electron chi connectivity index (χ4n) is 1.94. The molecular formula is C14H17BF2O4. The Bertz CT molecular complexity index is 547. The highest BCUT2D eigenvalue weighted by molar-refractivity contribution is 6.62. The summed E-state index contributed by atoms with van der Waals surface area (Å²) in [6.45, 7) is 8.43. The van der Waals surface area contributed by atoms with Crippen LogP contribution in [0.4, 0.5) is 8.78 Å². The summed E-state index contributed by atoms with van der Waals surface area (Å²) in [6, 6.07) is 2.09. The summed E-state index contributed by atoms with van der Waals surface area (Å²) >= 11 is 0. The largest absolute Gasteiger partial charge is 0.495 e. The van der Waals surface area contributed by atoms with Crippen LogP contribution in [0.25, 0.3) is 0 Å². The third-order valence-corrected chi connectivity index (χ3v) is 3.79. The predicted molar refractivity (Wildman–Crippen MR) is 73.4 cm³/mol. The molecule has 0 saturated carbocycles. The van der Waals surface area contributed by atoms with E-state index in [1.54, 1.807) is 0 Å². The van der Waals surface area contributed by atoms with Gasteiger partial charge in [0.05, 0.1) is 11.2 Å². The second kappa shape index (κ2) is 5.07. The summed E-state index contributed by atoms with van der Waals surface area (Å²) in [5.41, 5.74) is -1.03. The van der Waals surface area contributed by atoms with Crippen LogP contribution in [-0.4, -0.2) is 24.3 Å². The summed E-state index contributed by atoms with van der Waals surface area (Å²) in [5.74, 6) is -3.47. The molecule has 0 amide bonds. The first kappa shape index (κ1) is 15.9. The van der Waals surface area contributed by atoms with Gasteiger partial charge in [-0.1, -0.05) is 0 Å². The lowest BCUT2D eigenvalue weighted by Gasteiger charge is -2.32. The minimum atomic E-state index is -0.977. The zero-order valence-corrected chi connectivity index (χ0v) is 12.6. The summed E-state index contributed by atoms with van der Waals surface area (Å²) in [7, 11) is -0.884. The van der Waals surface area contributed by atoms with Gasteiger partial charge in [0.2, 0.25) is 5.75 Å². The quantitative estimate of drug-likeness (QED) is 0.477. The molecule has 0 aromatic heterocycles. The second-order valence-electron chi connectivity index (χ2n) is 6.00. The highest BCUT2D eigenvalue weighted by Crippen LogP contribution is 2.36. The fraction of sp³-hybridized carbons (Fsp3) is 0.500. The number of hydrogen-bond donors (Lipinski definition) is 0. The van der Waals surface area contributed by atoms with E-state index >= 15 is 0 Å². The maximum atomic E-state index is 13.9. The molecule has 0 radical (unpaired) electrons. The molecular weight excluding hydrogens is 281 g/mol. The Morgan fingerprint density at radius 3 is 1.90 bits per heavy atom. The smallest absolute Gasteiger partial charge is 0.420 e. The molecule has 114 valence electrons. The monoisotopic (exact) mass is 298 g/mol. The van der Waals surface area contributed by atoms with Gasteiger partial charge in [-0.3, -0.25) is 4.79 Å². The van der Waals surface area contributed by atoms with E-state index in [2.05, 4.69) is 4.74 Å². The third-order valence-electron chi connectivity index (χ3n) is 3.79. The number of halogens is 2. The fourth-order valence-corrected chi connectivity index (χ4v) is 1.94. The van der Waals surface area contributed by atoms with E-state index in [0.29, 0.717) is 0 Å². The van der Waals surface area contributed by atoms with E-state index in [9.17, 15) is 13.6 Å². The summed E-state index contributed by atoms with van der Waals surface area (Å²) < 4.78 is 43.7. The second-order valence-corrected chi connectivity index (χ2v) is 6.00. The summed E-state index contributed by atoms with van der Waals surface area (Å²) in [6.07, 6.45) is 0. The van der Waals surface area contributed by atoms with Crippen molar-refractivity contribution in [3.05, 3.63) is 23.8 Å². The van der Waals surface area contributed by atoms with Gasteiger partial charge in [0.15, 0.2) is 11.6 Å². The molecule has 1 aromatic rings. The van der Waals surface area contributed by atoms with Crippen molar-refractivity contribution in [2.45, 2.75) is 45.8 Å². The predicted octanol–water partition coefficient (Wildman–Crippen LogP) is 2.19. The molecule has 1 heterocycles. The van der Waals surface area contributed by atoms with Crippen LogP contribution in [0.5, 0.6) is 5.75 Å². The normalized spacial score (nSPS) is 19.7. The Balaban J connectivity index is 2.33. The first-order valence-corrected chi connectivity index (χ1v) is 6.56. The first-order valence-electron chi connectivity index (χ1n) is 6.56. The maximum absolute atomic E-state index is 13.9. The number of hydrogen-bond acceptors (Lipinski definition) is 4. The van der Waals surface area contributed by atoms with E-state index in [1.807, 2.05) is 27.7 Å². The molecule has 1 fully saturated rings. The third kappa shape index (κ3) is 2.94. The first-order chi connectivity index (χ1) is 9.53. The summed E-state index contributed by atoms with van der Waals surface area (Å²) in [4.78, 5) is 10.8. The number of ether oxygens (including phenoxy) is 1. The van der Waals surface area contributed by atoms with Crippen molar-refractivity contribution < 1.29 is 27.6 Å². The van der Waals surface area contributed by atoms with E-state index < -0.39 is 41.7 Å². The van der Waals surface area contributed by atoms with Crippen LogP contribution in [0.3, 0.4) is 0 Å².